The molecule has 0 aromatic heterocycles. The summed E-state index contributed by atoms with van der Waals surface area (Å²) >= 11 is 0. The van der Waals surface area contributed by atoms with Gasteiger partial charge in [0.15, 0.2) is 0 Å². The van der Waals surface area contributed by atoms with Crippen LogP contribution in [0.4, 0.5) is 0 Å². The van der Waals surface area contributed by atoms with Crippen molar-refractivity contribution in [1.29, 1.82) is 0 Å². The van der Waals surface area contributed by atoms with Gasteiger partial charge in [0.25, 0.3) is 0 Å². The third kappa shape index (κ3) is 3.37. The zero-order chi connectivity index (χ0) is 10.6. The smallest absolute Gasteiger partial charge is 0.327 e. The average Bonchev–Trinajstić information content (AvgIpc) is 2.16. The second-order valence-electron chi connectivity index (χ2n) is 4.77. The van der Waals surface area contributed by atoms with E-state index >= 15 is 0 Å². The van der Waals surface area contributed by atoms with Gasteiger partial charge in [0.1, 0.15) is 0 Å². The third-order valence-corrected chi connectivity index (χ3v) is 2.98. The van der Waals surface area contributed by atoms with Gasteiger partial charge in [-0.15, -0.1) is 0 Å². The van der Waals surface area contributed by atoms with Crippen molar-refractivity contribution >= 4 is 7.48 Å². The van der Waals surface area contributed by atoms with Gasteiger partial charge in [-0.25, -0.2) is 0 Å². The molecule has 0 saturated carbocycles. The predicted octanol–water partition coefficient (Wildman–Crippen LogP) is 2.28. The first-order chi connectivity index (χ1) is 6.52. The van der Waals surface area contributed by atoms with Crippen LogP contribution in [0.1, 0.15) is 40.5 Å². The fourth-order valence-corrected chi connectivity index (χ4v) is 1.13. The first-order valence-electron chi connectivity index (χ1n) is 5.46. The molecule has 0 aliphatic carbocycles. The van der Waals surface area contributed by atoms with Gasteiger partial charge < -0.3 is 9.97 Å². The number of rotatable bonds is 4. The van der Waals surface area contributed by atoms with E-state index in [1.807, 2.05) is 7.48 Å². The molecule has 1 aliphatic rings. The molecule has 2 nitrogen and oxygen atoms in total. The van der Waals surface area contributed by atoms with Gasteiger partial charge in [-0.3, -0.25) is 0 Å². The van der Waals surface area contributed by atoms with Crippen molar-refractivity contribution in [3.63, 3.8) is 0 Å². The van der Waals surface area contributed by atoms with Crippen molar-refractivity contribution in [2.24, 2.45) is 5.92 Å². The fourth-order valence-electron chi connectivity index (χ4n) is 1.13. The molecule has 0 bridgehead atoms. The summed E-state index contributed by atoms with van der Waals surface area (Å²) in [5, 5.41) is 3.23. The van der Waals surface area contributed by atoms with Crippen LogP contribution in [0.5, 0.6) is 0 Å². The van der Waals surface area contributed by atoms with Gasteiger partial charge >= 0.3 is 7.48 Å². The number of nitrogens with one attached hydrogen (secondary N) is 1. The highest BCUT2D eigenvalue weighted by molar-refractivity contribution is 6.38. The predicted molar refractivity (Wildman–Crippen MR) is 61.1 cm³/mol. The standard InChI is InChI=1S/C11H21BNO/c1-9(2)11(3,4)14-12-10-6-5-7-13-8-10/h8-9,13H,5-7H2,1-4H3. The molecule has 0 amide bonds. The molecule has 0 fully saturated rings. The Hall–Kier alpha value is -0.435. The summed E-state index contributed by atoms with van der Waals surface area (Å²) in [5.41, 5.74) is 1.20. The van der Waals surface area contributed by atoms with Crippen LogP contribution >= 0.6 is 0 Å². The minimum absolute atomic E-state index is 0.0711. The lowest BCUT2D eigenvalue weighted by atomic mass is 9.81. The Morgan fingerprint density at radius 3 is 2.71 bits per heavy atom. The summed E-state index contributed by atoms with van der Waals surface area (Å²) in [4.78, 5) is 0. The maximum absolute atomic E-state index is 5.80. The summed E-state index contributed by atoms with van der Waals surface area (Å²) < 4.78 is 5.80. The molecule has 1 heterocycles. The monoisotopic (exact) mass is 194 g/mol. The zero-order valence-electron chi connectivity index (χ0n) is 9.76. The van der Waals surface area contributed by atoms with E-state index in [2.05, 4.69) is 39.2 Å². The van der Waals surface area contributed by atoms with E-state index in [1.54, 1.807) is 0 Å². The highest BCUT2D eigenvalue weighted by Gasteiger charge is 2.23. The maximum Gasteiger partial charge on any atom is 0.327 e. The summed E-state index contributed by atoms with van der Waals surface area (Å²) in [7, 11) is 1.91. The molecule has 14 heavy (non-hydrogen) atoms. The average molecular weight is 194 g/mol. The van der Waals surface area contributed by atoms with Gasteiger partial charge in [0.2, 0.25) is 0 Å². The van der Waals surface area contributed by atoms with Crippen molar-refractivity contribution in [3.8, 4) is 0 Å². The maximum atomic E-state index is 5.80. The molecule has 0 saturated heterocycles. The van der Waals surface area contributed by atoms with E-state index in [0.717, 1.165) is 13.0 Å². The van der Waals surface area contributed by atoms with Crippen molar-refractivity contribution in [1.82, 2.24) is 5.32 Å². The molecule has 0 unspecified atom stereocenters. The third-order valence-electron chi connectivity index (χ3n) is 2.98. The lowest BCUT2D eigenvalue weighted by Crippen LogP contribution is -2.33. The van der Waals surface area contributed by atoms with E-state index in [9.17, 15) is 0 Å². The quantitative estimate of drug-likeness (QED) is 0.693. The van der Waals surface area contributed by atoms with Crippen LogP contribution in [0.3, 0.4) is 0 Å². The summed E-state index contributed by atoms with van der Waals surface area (Å²) in [5.74, 6) is 0.524. The first-order valence-corrected chi connectivity index (χ1v) is 5.46. The molecule has 0 atom stereocenters. The molecule has 79 valence electrons. The van der Waals surface area contributed by atoms with Gasteiger partial charge in [-0.2, -0.15) is 0 Å². The van der Waals surface area contributed by atoms with Gasteiger partial charge in [0.05, 0.1) is 0 Å². The fraction of sp³-hybridized carbons (Fsp3) is 0.818. The van der Waals surface area contributed by atoms with Crippen LogP contribution in [0, 0.1) is 5.92 Å². The second kappa shape index (κ2) is 4.88. The minimum Gasteiger partial charge on any atom is -0.430 e. The summed E-state index contributed by atoms with van der Waals surface area (Å²) in [6.45, 7) is 9.71. The summed E-state index contributed by atoms with van der Waals surface area (Å²) in [6.07, 6.45) is 4.38. The Kier molecular flexibility index (Phi) is 4.05. The first kappa shape index (κ1) is 11.6. The molecular formula is C11H21BNO. The van der Waals surface area contributed by atoms with Gasteiger partial charge in [-0.1, -0.05) is 19.3 Å². The Labute approximate surface area is 88.4 Å². The summed E-state index contributed by atoms with van der Waals surface area (Å²) in [6, 6.07) is 0. The van der Waals surface area contributed by atoms with Crippen LogP contribution in [0.15, 0.2) is 11.7 Å². The molecule has 1 radical (unpaired) electrons. The van der Waals surface area contributed by atoms with Gasteiger partial charge in [-0.05, 0) is 38.8 Å². The van der Waals surface area contributed by atoms with E-state index in [-0.39, 0.29) is 5.60 Å². The van der Waals surface area contributed by atoms with E-state index < -0.39 is 0 Å². The second-order valence-corrected chi connectivity index (χ2v) is 4.77. The normalized spacial score (nSPS) is 17.6. The Morgan fingerprint density at radius 1 is 1.50 bits per heavy atom. The molecule has 1 rings (SSSR count). The SMILES string of the molecule is CC(C)C(C)(C)O[B]C1=CNCCC1. The van der Waals surface area contributed by atoms with Crippen molar-refractivity contribution in [2.75, 3.05) is 6.54 Å². The number of hydrogen-bond acceptors (Lipinski definition) is 2. The van der Waals surface area contributed by atoms with Crippen LogP contribution < -0.4 is 5.32 Å². The van der Waals surface area contributed by atoms with Gasteiger partial charge in [0, 0.05) is 12.1 Å². The van der Waals surface area contributed by atoms with E-state index in [0.29, 0.717) is 5.92 Å². The van der Waals surface area contributed by atoms with Crippen LogP contribution in [-0.2, 0) is 4.65 Å². The molecule has 0 spiro atoms. The number of hydrogen-bond donors (Lipinski definition) is 1. The van der Waals surface area contributed by atoms with Crippen molar-refractivity contribution in [2.45, 2.75) is 46.1 Å². The molecular weight excluding hydrogens is 173 g/mol. The Bertz CT molecular complexity index is 211. The zero-order valence-corrected chi connectivity index (χ0v) is 9.76. The molecule has 1 aliphatic heterocycles. The molecule has 0 aromatic carbocycles. The number of allylic oxidation sites excluding steroid dienone is 1. The Morgan fingerprint density at radius 2 is 2.21 bits per heavy atom. The molecule has 3 heteroatoms. The minimum atomic E-state index is -0.0711. The highest BCUT2D eigenvalue weighted by atomic mass is 16.5. The van der Waals surface area contributed by atoms with Crippen LogP contribution in [0.25, 0.3) is 0 Å². The van der Waals surface area contributed by atoms with Crippen LogP contribution in [0.2, 0.25) is 0 Å². The van der Waals surface area contributed by atoms with E-state index in [1.165, 1.54) is 11.9 Å². The lowest BCUT2D eigenvalue weighted by molar-refractivity contribution is 0.0656. The molecule has 0 aromatic rings. The lowest BCUT2D eigenvalue weighted by Gasteiger charge is -2.30. The van der Waals surface area contributed by atoms with Crippen LogP contribution in [-0.4, -0.2) is 19.6 Å². The topological polar surface area (TPSA) is 21.3 Å². The molecule has 1 N–H and O–H groups in total. The van der Waals surface area contributed by atoms with Crippen molar-refractivity contribution in [3.05, 3.63) is 11.7 Å². The van der Waals surface area contributed by atoms with Crippen molar-refractivity contribution < 1.29 is 4.65 Å². The van der Waals surface area contributed by atoms with E-state index in [4.69, 9.17) is 4.65 Å². The highest BCUT2D eigenvalue weighted by Crippen LogP contribution is 2.21. The Balaban J connectivity index is 2.35. The largest absolute Gasteiger partial charge is 0.430 e.